The van der Waals surface area contributed by atoms with Crippen LogP contribution in [-0.4, -0.2) is 71.3 Å². The van der Waals surface area contributed by atoms with Crippen LogP contribution in [0.15, 0.2) is 49.6 Å². The molecule has 8 nitrogen and oxygen atoms in total. The molecule has 2 amide bonds. The van der Waals surface area contributed by atoms with Gasteiger partial charge in [-0.1, -0.05) is 37.6 Å². The van der Waals surface area contributed by atoms with E-state index in [9.17, 15) is 19.5 Å². The lowest BCUT2D eigenvalue weighted by atomic mass is 9.70. The van der Waals surface area contributed by atoms with Gasteiger partial charge in [0.25, 0.3) is 5.91 Å². The van der Waals surface area contributed by atoms with E-state index in [1.54, 1.807) is 41.3 Å². The van der Waals surface area contributed by atoms with Crippen LogP contribution in [0.2, 0.25) is 5.02 Å². The Labute approximate surface area is 229 Å². The van der Waals surface area contributed by atoms with Crippen molar-refractivity contribution >= 4 is 35.1 Å². The SMILES string of the molecule is C=CCCOC(=O)[C@@H]1[C@H]2C(=O)N([C@@H](CO)CC(C)C)C(C(=O)N(CC=C)c3ccc(Cl)cc3)C23CC[C@H]1O3. The molecule has 1 N–H and O–H groups in total. The second-order valence-corrected chi connectivity index (χ2v) is 11.2. The number of carbonyl (C=O) groups is 3. The van der Waals surface area contributed by atoms with Gasteiger partial charge in [-0.05, 0) is 55.9 Å². The number of aliphatic hydroxyl groups is 1. The van der Waals surface area contributed by atoms with Crippen molar-refractivity contribution in [2.24, 2.45) is 17.8 Å². The summed E-state index contributed by atoms with van der Waals surface area (Å²) in [5.74, 6) is -2.68. The summed E-state index contributed by atoms with van der Waals surface area (Å²) >= 11 is 6.09. The molecule has 0 radical (unpaired) electrons. The van der Waals surface area contributed by atoms with Crippen molar-refractivity contribution in [2.45, 2.75) is 63.3 Å². The molecule has 2 unspecified atom stereocenters. The second-order valence-electron chi connectivity index (χ2n) is 10.7. The van der Waals surface area contributed by atoms with Crippen LogP contribution in [0.3, 0.4) is 0 Å². The van der Waals surface area contributed by atoms with Crippen molar-refractivity contribution in [1.29, 1.82) is 0 Å². The highest BCUT2D eigenvalue weighted by molar-refractivity contribution is 6.30. The highest BCUT2D eigenvalue weighted by Crippen LogP contribution is 2.59. The number of ether oxygens (including phenoxy) is 2. The van der Waals surface area contributed by atoms with Gasteiger partial charge in [-0.3, -0.25) is 14.4 Å². The zero-order chi connectivity index (χ0) is 27.6. The Hall–Kier alpha value is -2.68. The van der Waals surface area contributed by atoms with Crippen molar-refractivity contribution in [1.82, 2.24) is 4.90 Å². The van der Waals surface area contributed by atoms with Crippen LogP contribution in [0, 0.1) is 17.8 Å². The van der Waals surface area contributed by atoms with Crippen molar-refractivity contribution in [3.05, 3.63) is 54.6 Å². The third-order valence-corrected chi connectivity index (χ3v) is 8.13. The van der Waals surface area contributed by atoms with Crippen LogP contribution in [-0.2, 0) is 23.9 Å². The number of esters is 1. The van der Waals surface area contributed by atoms with E-state index in [4.69, 9.17) is 21.1 Å². The molecule has 6 atom stereocenters. The molecule has 3 heterocycles. The third kappa shape index (κ3) is 4.90. The minimum atomic E-state index is -1.18. The number of amides is 2. The van der Waals surface area contributed by atoms with Crippen molar-refractivity contribution < 1.29 is 29.0 Å². The number of hydrogen-bond donors (Lipinski definition) is 1. The predicted octanol–water partition coefficient (Wildman–Crippen LogP) is 3.76. The Morgan fingerprint density at radius 1 is 1.29 bits per heavy atom. The Morgan fingerprint density at radius 2 is 2.00 bits per heavy atom. The van der Waals surface area contributed by atoms with Crippen LogP contribution < -0.4 is 4.90 Å². The summed E-state index contributed by atoms with van der Waals surface area (Å²) in [4.78, 5) is 44.9. The largest absolute Gasteiger partial charge is 0.465 e. The molecular formula is C29H37ClN2O6. The van der Waals surface area contributed by atoms with E-state index in [2.05, 4.69) is 13.2 Å². The maximum atomic E-state index is 14.5. The number of carbonyl (C=O) groups excluding carboxylic acids is 3. The summed E-state index contributed by atoms with van der Waals surface area (Å²) < 4.78 is 12.0. The molecule has 1 aromatic carbocycles. The van der Waals surface area contributed by atoms with E-state index in [-0.39, 0.29) is 37.5 Å². The number of aliphatic hydroxyl groups excluding tert-OH is 1. The van der Waals surface area contributed by atoms with E-state index >= 15 is 0 Å². The van der Waals surface area contributed by atoms with Crippen LogP contribution >= 0.6 is 11.6 Å². The lowest BCUT2D eigenvalue weighted by Crippen LogP contribution is -2.59. The number of nitrogens with zero attached hydrogens (tertiary/aromatic N) is 2. The Balaban J connectivity index is 1.78. The number of hydrogen-bond acceptors (Lipinski definition) is 6. The number of anilines is 1. The number of fused-ring (bicyclic) bond motifs is 1. The van der Waals surface area contributed by atoms with Crippen LogP contribution in [0.4, 0.5) is 5.69 Å². The van der Waals surface area contributed by atoms with Crippen molar-refractivity contribution in [3.8, 4) is 0 Å². The normalized spacial score (nSPS) is 28.3. The summed E-state index contributed by atoms with van der Waals surface area (Å²) in [5.41, 5.74) is -0.583. The summed E-state index contributed by atoms with van der Waals surface area (Å²) in [6.07, 6.45) is 4.77. The first-order valence-electron chi connectivity index (χ1n) is 13.3. The molecule has 38 heavy (non-hydrogen) atoms. The molecule has 0 aromatic heterocycles. The minimum absolute atomic E-state index is 0.158. The molecule has 1 aromatic rings. The second kappa shape index (κ2) is 11.6. The molecule has 9 heteroatoms. The average Bonchev–Trinajstić information content (AvgIpc) is 3.53. The smallest absolute Gasteiger partial charge is 0.312 e. The quantitative estimate of drug-likeness (QED) is 0.244. The lowest BCUT2D eigenvalue weighted by molar-refractivity contribution is -0.155. The first-order chi connectivity index (χ1) is 18.2. The predicted molar refractivity (Wildman–Crippen MR) is 145 cm³/mol. The molecule has 2 bridgehead atoms. The molecule has 206 valence electrons. The maximum Gasteiger partial charge on any atom is 0.312 e. The van der Waals surface area contributed by atoms with Gasteiger partial charge in [0.1, 0.15) is 11.6 Å². The Morgan fingerprint density at radius 3 is 2.61 bits per heavy atom. The fourth-order valence-corrected chi connectivity index (χ4v) is 6.54. The zero-order valence-electron chi connectivity index (χ0n) is 22.1. The van der Waals surface area contributed by atoms with E-state index in [1.807, 2.05) is 13.8 Å². The topological polar surface area (TPSA) is 96.4 Å². The van der Waals surface area contributed by atoms with Gasteiger partial charge >= 0.3 is 5.97 Å². The molecule has 3 fully saturated rings. The van der Waals surface area contributed by atoms with Gasteiger partial charge in [-0.2, -0.15) is 0 Å². The van der Waals surface area contributed by atoms with E-state index in [0.717, 1.165) is 0 Å². The summed E-state index contributed by atoms with van der Waals surface area (Å²) in [5, 5.41) is 10.9. The standard InChI is InChI=1S/C29H37ClN2O6/c1-5-7-15-37-28(36)23-22-12-13-29(38-22)24(23)26(34)32(21(17-33)16-18(3)4)25(29)27(35)31(14-6-2)20-10-8-19(30)9-11-20/h5-6,8-11,18,21-25,33H,1-2,7,12-17H2,3-4H3/t21-,22-,23+,24+,25?,29?/m1/s1. The van der Waals surface area contributed by atoms with Gasteiger partial charge in [-0.15, -0.1) is 13.2 Å². The lowest BCUT2D eigenvalue weighted by Gasteiger charge is -2.39. The van der Waals surface area contributed by atoms with Gasteiger partial charge < -0.3 is 24.4 Å². The monoisotopic (exact) mass is 544 g/mol. The summed E-state index contributed by atoms with van der Waals surface area (Å²) in [6.45, 7) is 11.5. The number of halogens is 1. The number of rotatable bonds is 12. The maximum absolute atomic E-state index is 14.5. The summed E-state index contributed by atoms with van der Waals surface area (Å²) in [6, 6.07) is 5.26. The van der Waals surface area contributed by atoms with Gasteiger partial charge in [0.2, 0.25) is 5.91 Å². The van der Waals surface area contributed by atoms with Gasteiger partial charge in [0.15, 0.2) is 0 Å². The van der Waals surface area contributed by atoms with Crippen LogP contribution in [0.25, 0.3) is 0 Å². The first-order valence-corrected chi connectivity index (χ1v) is 13.6. The molecule has 4 rings (SSSR count). The van der Waals surface area contributed by atoms with E-state index < -0.39 is 41.6 Å². The van der Waals surface area contributed by atoms with Gasteiger partial charge in [0.05, 0.1) is 37.2 Å². The van der Waals surface area contributed by atoms with E-state index in [0.29, 0.717) is 36.4 Å². The van der Waals surface area contributed by atoms with Gasteiger partial charge in [0, 0.05) is 17.3 Å². The van der Waals surface area contributed by atoms with Crippen molar-refractivity contribution in [3.63, 3.8) is 0 Å². The Kier molecular flexibility index (Phi) is 8.65. The Bertz CT molecular complexity index is 1080. The molecule has 3 aliphatic heterocycles. The van der Waals surface area contributed by atoms with E-state index in [1.165, 1.54) is 4.90 Å². The molecule has 3 aliphatic rings. The third-order valence-electron chi connectivity index (χ3n) is 7.87. The number of benzene rings is 1. The highest BCUT2D eigenvalue weighted by atomic mass is 35.5. The fraction of sp³-hybridized carbons (Fsp3) is 0.552. The fourth-order valence-electron chi connectivity index (χ4n) is 6.41. The van der Waals surface area contributed by atoms with Gasteiger partial charge in [-0.25, -0.2) is 0 Å². The molecule has 3 saturated heterocycles. The zero-order valence-corrected chi connectivity index (χ0v) is 22.8. The minimum Gasteiger partial charge on any atom is -0.465 e. The first kappa shape index (κ1) is 28.3. The molecule has 0 saturated carbocycles. The van der Waals surface area contributed by atoms with Crippen LogP contribution in [0.1, 0.15) is 39.5 Å². The summed E-state index contributed by atoms with van der Waals surface area (Å²) in [7, 11) is 0. The molecule has 0 aliphatic carbocycles. The highest BCUT2D eigenvalue weighted by Gasteiger charge is 2.75. The molecular weight excluding hydrogens is 508 g/mol. The number of likely N-dealkylation sites (tertiary alicyclic amines) is 1. The average molecular weight is 545 g/mol. The van der Waals surface area contributed by atoms with Crippen molar-refractivity contribution in [2.75, 3.05) is 24.7 Å². The van der Waals surface area contributed by atoms with Crippen LogP contribution in [0.5, 0.6) is 0 Å². The molecule has 1 spiro atoms.